The largest absolute Gasteiger partial charge is 0.416 e. The van der Waals surface area contributed by atoms with Crippen LogP contribution >= 0.6 is 0 Å². The van der Waals surface area contributed by atoms with Gasteiger partial charge in [-0.05, 0) is 26.7 Å². The zero-order valence-corrected chi connectivity index (χ0v) is 8.70. The van der Waals surface area contributed by atoms with Crippen molar-refractivity contribution in [2.75, 3.05) is 0 Å². The third kappa shape index (κ3) is 3.55. The second-order valence-electron chi connectivity index (χ2n) is 4.08. The predicted octanol–water partition coefficient (Wildman–Crippen LogP) is 3.39. The molecule has 0 aliphatic rings. The molecule has 0 spiro atoms. The highest BCUT2D eigenvalue weighted by atomic mass is 19.4. The normalized spacial score (nSPS) is 16.4. The van der Waals surface area contributed by atoms with Gasteiger partial charge in [0, 0.05) is 0 Å². The van der Waals surface area contributed by atoms with E-state index in [9.17, 15) is 13.2 Å². The lowest BCUT2D eigenvalue weighted by Crippen LogP contribution is -2.44. The predicted molar refractivity (Wildman–Crippen MR) is 45.5 cm³/mol. The quantitative estimate of drug-likeness (QED) is 0.675. The fraction of sp³-hybridized carbons (Fsp3) is 1.00. The number of ether oxygens (including phenoxy) is 1. The molecule has 0 amide bonds. The van der Waals surface area contributed by atoms with Gasteiger partial charge in [0.25, 0.3) is 0 Å². The first-order chi connectivity index (χ1) is 5.58. The van der Waals surface area contributed by atoms with Crippen LogP contribution < -0.4 is 0 Å². The molecule has 0 aromatic carbocycles. The molecule has 0 aromatic rings. The summed E-state index contributed by atoms with van der Waals surface area (Å²) in [4.78, 5) is 0. The molecular formula is C9H17F3O. The first-order valence-electron chi connectivity index (χ1n) is 4.32. The number of hydrogen-bond acceptors (Lipinski definition) is 1. The van der Waals surface area contributed by atoms with Crippen LogP contribution in [0.15, 0.2) is 0 Å². The lowest BCUT2D eigenvalue weighted by atomic mass is 10.1. The topological polar surface area (TPSA) is 9.23 Å². The van der Waals surface area contributed by atoms with Crippen molar-refractivity contribution >= 4 is 0 Å². The maximum Gasteiger partial charge on any atom is 0.416 e. The van der Waals surface area contributed by atoms with Crippen LogP contribution in [0.5, 0.6) is 0 Å². The molecule has 1 nitrogen and oxygen atoms in total. The van der Waals surface area contributed by atoms with Gasteiger partial charge in [-0.25, -0.2) is 0 Å². The number of hydrogen-bond donors (Lipinski definition) is 0. The summed E-state index contributed by atoms with van der Waals surface area (Å²) in [6.45, 7) is 7.41. The average Bonchev–Trinajstić information content (AvgIpc) is 1.83. The van der Waals surface area contributed by atoms with Crippen LogP contribution in [0.2, 0.25) is 0 Å². The summed E-state index contributed by atoms with van der Waals surface area (Å²) >= 11 is 0. The third-order valence-electron chi connectivity index (χ3n) is 2.10. The molecule has 13 heavy (non-hydrogen) atoms. The summed E-state index contributed by atoms with van der Waals surface area (Å²) in [5.74, 6) is 0.0848. The van der Waals surface area contributed by atoms with Crippen LogP contribution in [0, 0.1) is 5.92 Å². The molecule has 1 atom stereocenters. The van der Waals surface area contributed by atoms with Gasteiger partial charge in [0.05, 0.1) is 6.10 Å². The van der Waals surface area contributed by atoms with E-state index in [2.05, 4.69) is 0 Å². The summed E-state index contributed by atoms with van der Waals surface area (Å²) in [5.41, 5.74) is -2.06. The van der Waals surface area contributed by atoms with E-state index < -0.39 is 17.9 Å². The fourth-order valence-corrected chi connectivity index (χ4v) is 0.668. The minimum Gasteiger partial charge on any atom is -0.363 e. The Kier molecular flexibility index (Phi) is 3.79. The minimum atomic E-state index is -4.31. The zero-order chi connectivity index (χ0) is 10.9. The summed E-state index contributed by atoms with van der Waals surface area (Å²) in [5, 5.41) is 0. The van der Waals surface area contributed by atoms with Crippen molar-refractivity contribution in [2.24, 2.45) is 5.92 Å². The molecule has 0 rings (SSSR count). The second-order valence-corrected chi connectivity index (χ2v) is 4.08. The summed E-state index contributed by atoms with van der Waals surface area (Å²) < 4.78 is 41.9. The lowest BCUT2D eigenvalue weighted by molar-refractivity contribution is -0.278. The van der Waals surface area contributed by atoms with E-state index in [0.717, 1.165) is 13.8 Å². The van der Waals surface area contributed by atoms with Gasteiger partial charge in [-0.2, -0.15) is 13.2 Å². The SMILES string of the molecule is CC(C)C(C)OC(C)(C)C(F)(F)F. The average molecular weight is 198 g/mol. The standard InChI is InChI=1S/C9H17F3O/c1-6(2)7(3)13-8(4,5)9(10,11)12/h6-7H,1-5H3. The lowest BCUT2D eigenvalue weighted by Gasteiger charge is -2.32. The molecule has 1 unspecified atom stereocenters. The maximum atomic E-state index is 12.3. The van der Waals surface area contributed by atoms with Crippen molar-refractivity contribution in [3.8, 4) is 0 Å². The highest BCUT2D eigenvalue weighted by Crippen LogP contribution is 2.34. The highest BCUT2D eigenvalue weighted by molar-refractivity contribution is 4.79. The summed E-state index contributed by atoms with van der Waals surface area (Å²) in [6.07, 6.45) is -4.70. The van der Waals surface area contributed by atoms with Gasteiger partial charge in [0.1, 0.15) is 0 Å². The Hall–Kier alpha value is -0.250. The second kappa shape index (κ2) is 3.86. The van der Waals surface area contributed by atoms with Gasteiger partial charge < -0.3 is 4.74 Å². The monoisotopic (exact) mass is 198 g/mol. The molecule has 0 aliphatic heterocycles. The van der Waals surface area contributed by atoms with Crippen molar-refractivity contribution in [3.63, 3.8) is 0 Å². The number of halogens is 3. The molecule has 0 aromatic heterocycles. The third-order valence-corrected chi connectivity index (χ3v) is 2.10. The van der Waals surface area contributed by atoms with Crippen LogP contribution in [-0.4, -0.2) is 17.9 Å². The van der Waals surface area contributed by atoms with Gasteiger partial charge in [0.2, 0.25) is 0 Å². The Morgan fingerprint density at radius 2 is 1.38 bits per heavy atom. The van der Waals surface area contributed by atoms with Crippen molar-refractivity contribution in [2.45, 2.75) is 52.5 Å². The van der Waals surface area contributed by atoms with Crippen LogP contribution in [0.3, 0.4) is 0 Å². The molecule has 80 valence electrons. The molecule has 0 aliphatic carbocycles. The summed E-state index contributed by atoms with van der Waals surface area (Å²) in [6, 6.07) is 0. The molecule has 4 heteroatoms. The maximum absolute atomic E-state index is 12.3. The number of alkyl halides is 3. The Bertz CT molecular complexity index is 161. The van der Waals surface area contributed by atoms with E-state index in [4.69, 9.17) is 4.74 Å². The van der Waals surface area contributed by atoms with Crippen molar-refractivity contribution in [1.29, 1.82) is 0 Å². The van der Waals surface area contributed by atoms with Crippen LogP contribution in [0.4, 0.5) is 13.2 Å². The van der Waals surface area contributed by atoms with Gasteiger partial charge >= 0.3 is 6.18 Å². The van der Waals surface area contributed by atoms with E-state index in [-0.39, 0.29) is 5.92 Å². The van der Waals surface area contributed by atoms with E-state index in [0.29, 0.717) is 0 Å². The van der Waals surface area contributed by atoms with Gasteiger partial charge in [0.15, 0.2) is 5.60 Å². The Labute approximate surface area is 77.3 Å². The van der Waals surface area contributed by atoms with E-state index in [1.54, 1.807) is 6.92 Å². The first-order valence-corrected chi connectivity index (χ1v) is 4.32. The number of rotatable bonds is 3. The van der Waals surface area contributed by atoms with Crippen molar-refractivity contribution < 1.29 is 17.9 Å². The molecule has 0 saturated heterocycles. The van der Waals surface area contributed by atoms with Gasteiger partial charge in [-0.1, -0.05) is 13.8 Å². The Morgan fingerprint density at radius 3 is 1.62 bits per heavy atom. The smallest absolute Gasteiger partial charge is 0.363 e. The molecular weight excluding hydrogens is 181 g/mol. The van der Waals surface area contributed by atoms with E-state index >= 15 is 0 Å². The molecule has 0 N–H and O–H groups in total. The Balaban J connectivity index is 4.34. The van der Waals surface area contributed by atoms with E-state index in [1.165, 1.54) is 0 Å². The van der Waals surface area contributed by atoms with Gasteiger partial charge in [-0.3, -0.25) is 0 Å². The first kappa shape index (κ1) is 12.8. The highest BCUT2D eigenvalue weighted by Gasteiger charge is 2.49. The molecule has 0 fully saturated rings. The fourth-order valence-electron chi connectivity index (χ4n) is 0.668. The van der Waals surface area contributed by atoms with Gasteiger partial charge in [-0.15, -0.1) is 0 Å². The van der Waals surface area contributed by atoms with Crippen molar-refractivity contribution in [1.82, 2.24) is 0 Å². The molecule has 0 heterocycles. The van der Waals surface area contributed by atoms with E-state index in [1.807, 2.05) is 13.8 Å². The van der Waals surface area contributed by atoms with Crippen LogP contribution in [0.25, 0.3) is 0 Å². The van der Waals surface area contributed by atoms with Crippen LogP contribution in [0.1, 0.15) is 34.6 Å². The molecule has 0 radical (unpaired) electrons. The zero-order valence-electron chi connectivity index (χ0n) is 8.70. The van der Waals surface area contributed by atoms with Crippen LogP contribution in [-0.2, 0) is 4.74 Å². The van der Waals surface area contributed by atoms with Crippen molar-refractivity contribution in [3.05, 3.63) is 0 Å². The molecule has 0 saturated carbocycles. The Morgan fingerprint density at radius 1 is 1.00 bits per heavy atom. The molecule has 0 bridgehead atoms. The minimum absolute atomic E-state index is 0.0848. The summed E-state index contributed by atoms with van der Waals surface area (Å²) in [7, 11) is 0.